The topological polar surface area (TPSA) is 66.5 Å². The van der Waals surface area contributed by atoms with Crippen molar-refractivity contribution in [3.63, 3.8) is 0 Å². The highest BCUT2D eigenvalue weighted by atomic mass is 32.2. The summed E-state index contributed by atoms with van der Waals surface area (Å²) >= 11 is 0. The second kappa shape index (κ2) is 8.71. The number of amides is 1. The minimum absolute atomic E-state index is 0.0652. The second-order valence-electron chi connectivity index (χ2n) is 7.48. The molecule has 0 saturated heterocycles. The van der Waals surface area contributed by atoms with Gasteiger partial charge in [0.1, 0.15) is 0 Å². The van der Waals surface area contributed by atoms with E-state index in [1.165, 1.54) is 23.5 Å². The summed E-state index contributed by atoms with van der Waals surface area (Å²) in [6, 6.07) is 20.8. The lowest BCUT2D eigenvalue weighted by atomic mass is 9.98. The first-order chi connectivity index (χ1) is 14.2. The van der Waals surface area contributed by atoms with Crippen LogP contribution < -0.4 is 9.62 Å². The normalized spacial score (nSPS) is 11.4. The summed E-state index contributed by atoms with van der Waals surface area (Å²) in [4.78, 5) is 13.0. The second-order valence-corrected chi connectivity index (χ2v) is 9.45. The number of carbonyl (C=O) groups excluding carboxylic acids is 1. The summed E-state index contributed by atoms with van der Waals surface area (Å²) in [6.45, 7) is 6.07. The lowest BCUT2D eigenvalue weighted by molar-refractivity contribution is 0.102. The minimum atomic E-state index is -3.80. The zero-order valence-corrected chi connectivity index (χ0v) is 18.4. The molecule has 0 atom stereocenters. The monoisotopic (exact) mass is 422 g/mol. The molecule has 5 nitrogen and oxygen atoms in total. The molecule has 3 aromatic rings. The summed E-state index contributed by atoms with van der Waals surface area (Å²) in [5.74, 6) is -0.1000. The molecule has 0 aliphatic heterocycles. The number of para-hydroxylation sites is 2. The zero-order chi connectivity index (χ0) is 21.9. The van der Waals surface area contributed by atoms with Gasteiger partial charge in [0.05, 0.1) is 10.6 Å². The van der Waals surface area contributed by atoms with Crippen LogP contribution in [-0.4, -0.2) is 21.4 Å². The Bertz CT molecular complexity index is 1160. The van der Waals surface area contributed by atoms with E-state index in [9.17, 15) is 13.2 Å². The number of benzene rings is 3. The molecule has 0 bridgehead atoms. The molecule has 30 heavy (non-hydrogen) atoms. The fourth-order valence-electron chi connectivity index (χ4n) is 3.26. The summed E-state index contributed by atoms with van der Waals surface area (Å²) in [5, 5.41) is 2.97. The predicted molar refractivity (Wildman–Crippen MR) is 122 cm³/mol. The quantitative estimate of drug-likeness (QED) is 0.594. The molecule has 3 aromatic carbocycles. The van der Waals surface area contributed by atoms with Crippen molar-refractivity contribution in [3.05, 3.63) is 89.5 Å². The van der Waals surface area contributed by atoms with Crippen LogP contribution in [0.2, 0.25) is 0 Å². The fourth-order valence-corrected chi connectivity index (χ4v) is 4.50. The third kappa shape index (κ3) is 4.39. The number of hydrogen-bond acceptors (Lipinski definition) is 3. The van der Waals surface area contributed by atoms with Gasteiger partial charge in [0.15, 0.2) is 0 Å². The Balaban J connectivity index is 1.92. The van der Waals surface area contributed by atoms with Crippen molar-refractivity contribution in [2.24, 2.45) is 0 Å². The fraction of sp³-hybridized carbons (Fsp3) is 0.208. The van der Waals surface area contributed by atoms with E-state index in [4.69, 9.17) is 0 Å². The van der Waals surface area contributed by atoms with Crippen LogP contribution in [-0.2, 0) is 10.0 Å². The SMILES string of the molecule is Cc1cccc(C(C)C)c1NC(=O)c1cccc(S(=O)(=O)N(C)c2ccccc2)c1. The van der Waals surface area contributed by atoms with Crippen LogP contribution in [0.15, 0.2) is 77.7 Å². The molecular weight excluding hydrogens is 396 g/mol. The molecule has 156 valence electrons. The van der Waals surface area contributed by atoms with Crippen LogP contribution in [0.5, 0.6) is 0 Å². The summed E-state index contributed by atoms with van der Waals surface area (Å²) < 4.78 is 27.3. The average Bonchev–Trinajstić information content (AvgIpc) is 2.75. The number of sulfonamides is 1. The van der Waals surface area contributed by atoms with E-state index in [0.717, 1.165) is 16.8 Å². The zero-order valence-electron chi connectivity index (χ0n) is 17.6. The first-order valence-corrected chi connectivity index (χ1v) is 11.2. The van der Waals surface area contributed by atoms with Gasteiger partial charge in [-0.25, -0.2) is 8.42 Å². The Kier molecular flexibility index (Phi) is 6.27. The first kappa shape index (κ1) is 21.6. The number of hydrogen-bond donors (Lipinski definition) is 1. The Morgan fingerprint density at radius 1 is 0.933 bits per heavy atom. The number of aryl methyl sites for hydroxylation is 1. The van der Waals surface area contributed by atoms with Crippen molar-refractivity contribution in [2.45, 2.75) is 31.6 Å². The summed E-state index contributed by atoms with van der Waals surface area (Å²) in [7, 11) is -2.30. The van der Waals surface area contributed by atoms with Gasteiger partial charge in [0, 0.05) is 18.3 Å². The van der Waals surface area contributed by atoms with Crippen LogP contribution >= 0.6 is 0 Å². The largest absolute Gasteiger partial charge is 0.321 e. The van der Waals surface area contributed by atoms with Crippen molar-refractivity contribution >= 4 is 27.3 Å². The van der Waals surface area contributed by atoms with Crippen molar-refractivity contribution < 1.29 is 13.2 Å². The Labute approximate surface area is 178 Å². The molecule has 0 spiro atoms. The number of anilines is 2. The van der Waals surface area contributed by atoms with E-state index in [1.807, 2.05) is 31.2 Å². The third-order valence-corrected chi connectivity index (χ3v) is 6.82. The Morgan fingerprint density at radius 3 is 2.27 bits per heavy atom. The van der Waals surface area contributed by atoms with Gasteiger partial charge >= 0.3 is 0 Å². The van der Waals surface area contributed by atoms with Crippen LogP contribution in [0.3, 0.4) is 0 Å². The Hall–Kier alpha value is -3.12. The Morgan fingerprint density at radius 2 is 1.60 bits per heavy atom. The van der Waals surface area contributed by atoms with Gasteiger partial charge in [0.25, 0.3) is 15.9 Å². The van der Waals surface area contributed by atoms with Gasteiger partial charge in [-0.15, -0.1) is 0 Å². The number of nitrogens with zero attached hydrogens (tertiary/aromatic N) is 1. The van der Waals surface area contributed by atoms with Gasteiger partial charge in [-0.3, -0.25) is 9.10 Å². The highest BCUT2D eigenvalue weighted by Crippen LogP contribution is 2.28. The van der Waals surface area contributed by atoms with E-state index in [2.05, 4.69) is 19.2 Å². The summed E-state index contributed by atoms with van der Waals surface area (Å²) in [5.41, 5.74) is 3.61. The average molecular weight is 423 g/mol. The molecular formula is C24H26N2O3S. The first-order valence-electron chi connectivity index (χ1n) is 9.76. The lowest BCUT2D eigenvalue weighted by Gasteiger charge is -2.20. The van der Waals surface area contributed by atoms with Crippen molar-refractivity contribution in [1.29, 1.82) is 0 Å². The number of carbonyl (C=O) groups is 1. The molecule has 0 unspecified atom stereocenters. The maximum atomic E-state index is 13.1. The molecule has 0 fully saturated rings. The minimum Gasteiger partial charge on any atom is -0.321 e. The van der Waals surface area contributed by atoms with Gasteiger partial charge in [-0.05, 0) is 54.3 Å². The van der Waals surface area contributed by atoms with Gasteiger partial charge < -0.3 is 5.32 Å². The van der Waals surface area contributed by atoms with E-state index in [1.54, 1.807) is 36.4 Å². The maximum absolute atomic E-state index is 13.1. The van der Waals surface area contributed by atoms with Crippen LogP contribution in [0.1, 0.15) is 41.3 Å². The van der Waals surface area contributed by atoms with E-state index in [-0.39, 0.29) is 22.3 Å². The van der Waals surface area contributed by atoms with E-state index < -0.39 is 10.0 Å². The van der Waals surface area contributed by atoms with Gasteiger partial charge in [0.2, 0.25) is 0 Å². The van der Waals surface area contributed by atoms with Crippen LogP contribution in [0, 0.1) is 6.92 Å². The van der Waals surface area contributed by atoms with Gasteiger partial charge in [-0.2, -0.15) is 0 Å². The molecule has 0 aromatic heterocycles. The molecule has 1 N–H and O–H groups in total. The third-order valence-electron chi connectivity index (χ3n) is 5.04. The highest BCUT2D eigenvalue weighted by molar-refractivity contribution is 7.92. The van der Waals surface area contributed by atoms with Crippen molar-refractivity contribution in [1.82, 2.24) is 0 Å². The van der Waals surface area contributed by atoms with Gasteiger partial charge in [-0.1, -0.05) is 56.3 Å². The van der Waals surface area contributed by atoms with Crippen LogP contribution in [0.25, 0.3) is 0 Å². The molecule has 0 radical (unpaired) electrons. The van der Waals surface area contributed by atoms with Crippen molar-refractivity contribution in [3.8, 4) is 0 Å². The van der Waals surface area contributed by atoms with E-state index in [0.29, 0.717) is 5.69 Å². The van der Waals surface area contributed by atoms with Crippen molar-refractivity contribution in [2.75, 3.05) is 16.7 Å². The number of nitrogens with one attached hydrogen (secondary N) is 1. The molecule has 0 saturated carbocycles. The number of rotatable bonds is 6. The molecule has 0 heterocycles. The molecule has 3 rings (SSSR count). The highest BCUT2D eigenvalue weighted by Gasteiger charge is 2.22. The van der Waals surface area contributed by atoms with Crippen LogP contribution in [0.4, 0.5) is 11.4 Å². The molecule has 1 amide bonds. The summed E-state index contributed by atoms with van der Waals surface area (Å²) in [6.07, 6.45) is 0. The van der Waals surface area contributed by atoms with E-state index >= 15 is 0 Å². The molecule has 6 heteroatoms. The standard InChI is InChI=1S/C24H26N2O3S/c1-17(2)22-15-8-10-18(3)23(22)25-24(27)19-11-9-14-21(16-19)30(28,29)26(4)20-12-6-5-7-13-20/h5-17H,1-4H3,(H,25,27). The molecule has 0 aliphatic rings. The lowest BCUT2D eigenvalue weighted by Crippen LogP contribution is -2.26. The smallest absolute Gasteiger partial charge is 0.264 e. The molecule has 0 aliphatic carbocycles. The predicted octanol–water partition coefficient (Wildman–Crippen LogP) is 5.20. The maximum Gasteiger partial charge on any atom is 0.264 e.